The van der Waals surface area contributed by atoms with Gasteiger partial charge in [-0.3, -0.25) is 9.69 Å². The zero-order chi connectivity index (χ0) is 15.0. The van der Waals surface area contributed by atoms with Gasteiger partial charge in [-0.15, -0.1) is 0 Å². The number of nitrogens with zero attached hydrogens (tertiary/aromatic N) is 3. The van der Waals surface area contributed by atoms with Gasteiger partial charge in [-0.05, 0) is 45.7 Å². The molecule has 2 aliphatic rings. The first-order chi connectivity index (χ1) is 10.1. The average molecular weight is 290 g/mol. The molecule has 1 amide bonds. The third kappa shape index (κ3) is 2.79. The third-order valence-electron chi connectivity index (χ3n) is 4.74. The van der Waals surface area contributed by atoms with Crippen LogP contribution in [-0.2, 0) is 0 Å². The molecule has 1 atom stereocenters. The fraction of sp³-hybridized carbons (Fsp3) is 0.688. The van der Waals surface area contributed by atoms with E-state index in [1.807, 2.05) is 21.7 Å². The fourth-order valence-electron chi connectivity index (χ4n) is 3.65. The Morgan fingerprint density at radius 3 is 2.81 bits per heavy atom. The number of amides is 1. The molecular weight excluding hydrogens is 264 g/mol. The minimum absolute atomic E-state index is 0.133. The van der Waals surface area contributed by atoms with Crippen LogP contribution in [0.25, 0.3) is 0 Å². The van der Waals surface area contributed by atoms with Gasteiger partial charge in [-0.25, -0.2) is 0 Å². The van der Waals surface area contributed by atoms with Crippen molar-refractivity contribution in [3.05, 3.63) is 18.0 Å². The number of carbonyl (C=O) groups excluding carboxylic acids is 1. The van der Waals surface area contributed by atoms with E-state index in [0.717, 1.165) is 31.7 Å². The molecular formula is C16H26N4O. The van der Waals surface area contributed by atoms with Crippen molar-refractivity contribution in [3.8, 4) is 0 Å². The molecule has 0 aromatic carbocycles. The van der Waals surface area contributed by atoms with Crippen LogP contribution in [-0.4, -0.2) is 52.5 Å². The second kappa shape index (κ2) is 5.72. The molecule has 2 N–H and O–H groups in total. The van der Waals surface area contributed by atoms with E-state index in [4.69, 9.17) is 5.73 Å². The first-order valence-electron chi connectivity index (χ1n) is 8.07. The summed E-state index contributed by atoms with van der Waals surface area (Å²) >= 11 is 0. The van der Waals surface area contributed by atoms with Crippen molar-refractivity contribution >= 4 is 11.6 Å². The SMILES string of the molecule is CC(C)n1cc(N)cc1C(=O)N1CCCN2CCCC2C1. The molecule has 5 heteroatoms. The minimum atomic E-state index is 0.133. The van der Waals surface area contributed by atoms with Crippen LogP contribution >= 0.6 is 0 Å². The zero-order valence-corrected chi connectivity index (χ0v) is 13.1. The summed E-state index contributed by atoms with van der Waals surface area (Å²) in [6.07, 6.45) is 5.43. The summed E-state index contributed by atoms with van der Waals surface area (Å²) in [4.78, 5) is 17.5. The predicted octanol–water partition coefficient (Wildman–Crippen LogP) is 1.96. The first-order valence-corrected chi connectivity index (χ1v) is 8.07. The second-order valence-electron chi connectivity index (χ2n) is 6.60. The monoisotopic (exact) mass is 290 g/mol. The van der Waals surface area contributed by atoms with Crippen molar-refractivity contribution in [3.63, 3.8) is 0 Å². The van der Waals surface area contributed by atoms with Gasteiger partial charge < -0.3 is 15.2 Å². The Labute approximate surface area is 126 Å². The number of aromatic nitrogens is 1. The molecule has 0 saturated carbocycles. The van der Waals surface area contributed by atoms with Crippen LogP contribution in [0, 0.1) is 0 Å². The van der Waals surface area contributed by atoms with Gasteiger partial charge >= 0.3 is 0 Å². The Morgan fingerprint density at radius 1 is 1.29 bits per heavy atom. The number of rotatable bonds is 2. The van der Waals surface area contributed by atoms with Crippen LogP contribution in [0.4, 0.5) is 5.69 Å². The second-order valence-corrected chi connectivity index (χ2v) is 6.60. The summed E-state index contributed by atoms with van der Waals surface area (Å²) in [6, 6.07) is 2.62. The van der Waals surface area contributed by atoms with Crippen LogP contribution in [0.2, 0.25) is 0 Å². The quantitative estimate of drug-likeness (QED) is 0.906. The highest BCUT2D eigenvalue weighted by molar-refractivity contribution is 5.94. The van der Waals surface area contributed by atoms with Gasteiger partial charge in [-0.2, -0.15) is 0 Å². The highest BCUT2D eigenvalue weighted by Gasteiger charge is 2.31. The summed E-state index contributed by atoms with van der Waals surface area (Å²) in [7, 11) is 0. The van der Waals surface area contributed by atoms with E-state index in [2.05, 4.69) is 18.7 Å². The number of nitrogens with two attached hydrogens (primary N) is 1. The van der Waals surface area contributed by atoms with Crippen molar-refractivity contribution in [1.29, 1.82) is 0 Å². The molecule has 0 bridgehead atoms. The number of nitrogen functional groups attached to an aromatic ring is 1. The van der Waals surface area contributed by atoms with Crippen molar-refractivity contribution in [2.45, 2.75) is 45.2 Å². The summed E-state index contributed by atoms with van der Waals surface area (Å²) in [6.45, 7) is 8.20. The molecule has 2 aliphatic heterocycles. The summed E-state index contributed by atoms with van der Waals surface area (Å²) in [5, 5.41) is 0. The third-order valence-corrected chi connectivity index (χ3v) is 4.74. The first kappa shape index (κ1) is 14.4. The van der Waals surface area contributed by atoms with Crippen LogP contribution in [0.5, 0.6) is 0 Å². The van der Waals surface area contributed by atoms with E-state index in [9.17, 15) is 4.79 Å². The Morgan fingerprint density at radius 2 is 2.05 bits per heavy atom. The number of carbonyl (C=O) groups is 1. The van der Waals surface area contributed by atoms with E-state index in [1.165, 1.54) is 19.4 Å². The molecule has 0 spiro atoms. The molecule has 2 saturated heterocycles. The van der Waals surface area contributed by atoms with E-state index >= 15 is 0 Å². The minimum Gasteiger partial charge on any atom is -0.397 e. The Bertz CT molecular complexity index is 522. The standard InChI is InChI=1S/C16H26N4O/c1-12(2)20-10-13(17)9-15(20)16(21)19-8-4-7-18-6-3-5-14(18)11-19/h9-10,12,14H,3-8,11,17H2,1-2H3. The lowest BCUT2D eigenvalue weighted by Crippen LogP contribution is -2.40. The molecule has 5 nitrogen and oxygen atoms in total. The molecule has 1 unspecified atom stereocenters. The molecule has 0 radical (unpaired) electrons. The predicted molar refractivity (Wildman–Crippen MR) is 84.3 cm³/mol. The summed E-state index contributed by atoms with van der Waals surface area (Å²) in [5.41, 5.74) is 7.30. The average Bonchev–Trinajstić information content (AvgIpc) is 2.99. The lowest BCUT2D eigenvalue weighted by Gasteiger charge is -2.26. The van der Waals surface area contributed by atoms with Gasteiger partial charge in [0.25, 0.3) is 5.91 Å². The highest BCUT2D eigenvalue weighted by Crippen LogP contribution is 2.24. The Hall–Kier alpha value is -1.49. The van der Waals surface area contributed by atoms with Crippen molar-refractivity contribution < 1.29 is 4.79 Å². The molecule has 1 aromatic rings. The lowest BCUT2D eigenvalue weighted by molar-refractivity contribution is 0.0731. The number of hydrogen-bond donors (Lipinski definition) is 1. The lowest BCUT2D eigenvalue weighted by atomic mass is 10.2. The van der Waals surface area contributed by atoms with Crippen molar-refractivity contribution in [1.82, 2.24) is 14.4 Å². The van der Waals surface area contributed by atoms with Crippen LogP contribution in [0.1, 0.15) is 49.6 Å². The maximum atomic E-state index is 12.9. The molecule has 21 heavy (non-hydrogen) atoms. The highest BCUT2D eigenvalue weighted by atomic mass is 16.2. The van der Waals surface area contributed by atoms with E-state index in [1.54, 1.807) is 0 Å². The number of hydrogen-bond acceptors (Lipinski definition) is 3. The van der Waals surface area contributed by atoms with Crippen molar-refractivity contribution in [2.75, 3.05) is 31.9 Å². The van der Waals surface area contributed by atoms with Gasteiger partial charge in [0, 0.05) is 37.9 Å². The number of anilines is 1. The summed E-state index contributed by atoms with van der Waals surface area (Å²) in [5.74, 6) is 0.133. The smallest absolute Gasteiger partial charge is 0.270 e. The largest absolute Gasteiger partial charge is 0.397 e. The van der Waals surface area contributed by atoms with Crippen molar-refractivity contribution in [2.24, 2.45) is 0 Å². The maximum absolute atomic E-state index is 12.9. The molecule has 3 rings (SSSR count). The molecule has 0 aliphatic carbocycles. The number of fused-ring (bicyclic) bond motifs is 1. The van der Waals surface area contributed by atoms with Crippen LogP contribution < -0.4 is 5.73 Å². The molecule has 1 aromatic heterocycles. The van der Waals surface area contributed by atoms with E-state index in [0.29, 0.717) is 11.7 Å². The van der Waals surface area contributed by atoms with Gasteiger partial charge in [0.1, 0.15) is 5.69 Å². The Kier molecular flexibility index (Phi) is 3.93. The van der Waals surface area contributed by atoms with Gasteiger partial charge in [0.2, 0.25) is 0 Å². The van der Waals surface area contributed by atoms with Gasteiger partial charge in [0.05, 0.1) is 5.69 Å². The van der Waals surface area contributed by atoms with E-state index in [-0.39, 0.29) is 11.9 Å². The topological polar surface area (TPSA) is 54.5 Å². The Balaban J connectivity index is 1.81. The molecule has 116 valence electrons. The maximum Gasteiger partial charge on any atom is 0.270 e. The normalized spacial score (nSPS) is 23.4. The fourth-order valence-corrected chi connectivity index (χ4v) is 3.65. The van der Waals surface area contributed by atoms with Gasteiger partial charge in [0.15, 0.2) is 0 Å². The zero-order valence-electron chi connectivity index (χ0n) is 13.1. The van der Waals surface area contributed by atoms with Crippen LogP contribution in [0.15, 0.2) is 12.3 Å². The molecule has 2 fully saturated rings. The molecule has 3 heterocycles. The summed E-state index contributed by atoms with van der Waals surface area (Å²) < 4.78 is 2.00. The van der Waals surface area contributed by atoms with Crippen LogP contribution in [0.3, 0.4) is 0 Å². The van der Waals surface area contributed by atoms with E-state index < -0.39 is 0 Å². The van der Waals surface area contributed by atoms with Gasteiger partial charge in [-0.1, -0.05) is 0 Å².